The first-order valence-corrected chi connectivity index (χ1v) is 12.6. The summed E-state index contributed by atoms with van der Waals surface area (Å²) < 4.78 is 0. The molecular weight excluding hydrogens is 480 g/mol. The molecule has 0 heterocycles. The Bertz CT molecular complexity index is 1430. The van der Waals surface area contributed by atoms with E-state index in [-0.39, 0.29) is 63.0 Å². The van der Waals surface area contributed by atoms with Gasteiger partial charge in [0.1, 0.15) is 11.5 Å². The minimum absolute atomic E-state index is 0.0126. The molecule has 196 valence electrons. The molecule has 2 aromatic rings. The number of rotatable bonds is 6. The maximum atomic E-state index is 13.1. The van der Waals surface area contributed by atoms with Gasteiger partial charge in [0, 0.05) is 49.2 Å². The van der Waals surface area contributed by atoms with Crippen LogP contribution in [-0.2, 0) is 9.59 Å². The Balaban J connectivity index is 1.74. The number of aliphatic hydroxyl groups excluding tert-OH is 2. The molecule has 7 heteroatoms. The van der Waals surface area contributed by atoms with Crippen LogP contribution in [0.5, 0.6) is 0 Å². The lowest BCUT2D eigenvalue weighted by molar-refractivity contribution is -0.118. The second-order valence-corrected chi connectivity index (χ2v) is 11.5. The lowest BCUT2D eigenvalue weighted by Crippen LogP contribution is -2.26. The van der Waals surface area contributed by atoms with Gasteiger partial charge < -0.3 is 10.2 Å². The van der Waals surface area contributed by atoms with Gasteiger partial charge in [-0.2, -0.15) is 0 Å². The Morgan fingerprint density at radius 1 is 0.711 bits per heavy atom. The smallest absolute Gasteiger partial charge is 0.193 e. The second-order valence-electron chi connectivity index (χ2n) is 11.5. The van der Waals surface area contributed by atoms with E-state index in [4.69, 9.17) is 0 Å². The summed E-state index contributed by atoms with van der Waals surface area (Å²) in [6, 6.07) is 13.6. The minimum atomic E-state index is -0.340. The van der Waals surface area contributed by atoms with Crippen LogP contribution in [0.1, 0.15) is 69.3 Å². The molecule has 0 spiro atoms. The molecule has 0 aromatic heterocycles. The summed E-state index contributed by atoms with van der Waals surface area (Å²) in [7, 11) is 0. The fourth-order valence-electron chi connectivity index (χ4n) is 4.80. The highest BCUT2D eigenvalue weighted by Gasteiger charge is 2.33. The number of benzene rings is 2. The highest BCUT2D eigenvalue weighted by Crippen LogP contribution is 2.37. The second kappa shape index (κ2) is 10.3. The maximum absolute atomic E-state index is 13.1. The minimum Gasteiger partial charge on any atom is -0.511 e. The third-order valence-corrected chi connectivity index (χ3v) is 6.73. The number of aliphatic imine (C=N–C) groups is 2. The van der Waals surface area contributed by atoms with Crippen LogP contribution in [-0.4, -0.2) is 40.0 Å². The van der Waals surface area contributed by atoms with Crippen molar-refractivity contribution in [3.8, 4) is 0 Å². The summed E-state index contributed by atoms with van der Waals surface area (Å²) in [6.45, 7) is 7.67. The molecule has 38 heavy (non-hydrogen) atoms. The summed E-state index contributed by atoms with van der Waals surface area (Å²) in [4.78, 5) is 47.2. The Hall–Kier alpha value is -4.13. The molecular formula is C31H32N2O5. The van der Waals surface area contributed by atoms with Crippen molar-refractivity contribution in [3.05, 3.63) is 82.3 Å². The van der Waals surface area contributed by atoms with Crippen molar-refractivity contribution in [1.29, 1.82) is 0 Å². The molecule has 2 aromatic carbocycles. The molecule has 4 rings (SSSR count). The van der Waals surface area contributed by atoms with Crippen LogP contribution >= 0.6 is 0 Å². The molecule has 0 saturated carbocycles. The van der Waals surface area contributed by atoms with Crippen LogP contribution < -0.4 is 0 Å². The Morgan fingerprint density at radius 2 is 1.21 bits per heavy atom. The molecule has 0 radical (unpaired) electrons. The van der Waals surface area contributed by atoms with Crippen LogP contribution in [0.4, 0.5) is 11.4 Å². The fraction of sp³-hybridized carbons (Fsp3) is 0.323. The number of allylic oxidation sites excluding steroid dienone is 4. The normalized spacial score (nSPS) is 19.6. The maximum Gasteiger partial charge on any atom is 0.193 e. The molecule has 2 N–H and O–H groups in total. The number of aliphatic hydroxyl groups is 2. The quantitative estimate of drug-likeness (QED) is 0.329. The molecule has 2 aliphatic rings. The van der Waals surface area contributed by atoms with Crippen molar-refractivity contribution >= 4 is 41.2 Å². The number of nitrogens with zero attached hydrogens (tertiary/aromatic N) is 2. The van der Waals surface area contributed by atoms with E-state index in [1.54, 1.807) is 42.5 Å². The highest BCUT2D eigenvalue weighted by atomic mass is 16.3. The Morgan fingerprint density at radius 3 is 1.71 bits per heavy atom. The molecule has 0 unspecified atom stereocenters. The number of hydrogen-bond donors (Lipinski definition) is 2. The van der Waals surface area contributed by atoms with Gasteiger partial charge in [0.25, 0.3) is 0 Å². The zero-order chi connectivity index (χ0) is 27.7. The van der Waals surface area contributed by atoms with Crippen LogP contribution in [0.3, 0.4) is 0 Å². The van der Waals surface area contributed by atoms with Crippen molar-refractivity contribution in [1.82, 2.24) is 0 Å². The van der Waals surface area contributed by atoms with Crippen LogP contribution in [0.15, 0.2) is 81.2 Å². The molecule has 0 amide bonds. The molecule has 0 aliphatic heterocycles. The predicted molar refractivity (Wildman–Crippen MR) is 148 cm³/mol. The first-order chi connectivity index (χ1) is 17.8. The van der Waals surface area contributed by atoms with E-state index >= 15 is 0 Å². The van der Waals surface area contributed by atoms with Crippen LogP contribution in [0, 0.1) is 10.8 Å². The van der Waals surface area contributed by atoms with Gasteiger partial charge >= 0.3 is 0 Å². The molecule has 0 bridgehead atoms. The molecule has 2 aliphatic carbocycles. The average Bonchev–Trinajstić information content (AvgIpc) is 2.82. The Labute approximate surface area is 222 Å². The molecule has 0 saturated heterocycles. The number of Topliss-reactive ketones (excluding diaryl/α,β-unsaturated/α-hetero) is 2. The van der Waals surface area contributed by atoms with Gasteiger partial charge in [0.05, 0.1) is 22.5 Å². The average molecular weight is 513 g/mol. The van der Waals surface area contributed by atoms with E-state index in [0.29, 0.717) is 36.1 Å². The number of ketones is 3. The monoisotopic (exact) mass is 512 g/mol. The lowest BCUT2D eigenvalue weighted by Gasteiger charge is -2.28. The lowest BCUT2D eigenvalue weighted by atomic mass is 9.77. The van der Waals surface area contributed by atoms with E-state index in [1.165, 1.54) is 12.4 Å². The summed E-state index contributed by atoms with van der Waals surface area (Å²) >= 11 is 0. The molecule has 0 atom stereocenters. The van der Waals surface area contributed by atoms with E-state index in [9.17, 15) is 24.6 Å². The summed E-state index contributed by atoms with van der Waals surface area (Å²) in [5.41, 5.74) is 1.11. The SMILES string of the molecule is CC1(C)CC(=O)C(C=Nc2ccc(C(=O)c3ccccc3)cc2N=CC2=C(O)CC(C)(C)CC2=O)=C(O)C1. The van der Waals surface area contributed by atoms with Gasteiger partial charge in [0.2, 0.25) is 0 Å². The zero-order valence-electron chi connectivity index (χ0n) is 22.1. The first kappa shape index (κ1) is 26.9. The van der Waals surface area contributed by atoms with Gasteiger partial charge in [-0.25, -0.2) is 0 Å². The van der Waals surface area contributed by atoms with Crippen molar-refractivity contribution in [2.45, 2.75) is 53.4 Å². The number of carbonyl (C=O) groups is 3. The number of carbonyl (C=O) groups excluding carboxylic acids is 3. The largest absolute Gasteiger partial charge is 0.511 e. The summed E-state index contributed by atoms with van der Waals surface area (Å²) in [5.74, 6) is -0.660. The highest BCUT2D eigenvalue weighted by molar-refractivity contribution is 6.16. The van der Waals surface area contributed by atoms with E-state index in [0.717, 1.165) is 0 Å². The van der Waals surface area contributed by atoms with Gasteiger partial charge in [0.15, 0.2) is 17.3 Å². The van der Waals surface area contributed by atoms with E-state index in [1.807, 2.05) is 33.8 Å². The third kappa shape index (κ3) is 6.05. The Kier molecular flexibility index (Phi) is 7.31. The van der Waals surface area contributed by atoms with Gasteiger partial charge in [-0.15, -0.1) is 0 Å². The van der Waals surface area contributed by atoms with Crippen LogP contribution in [0.2, 0.25) is 0 Å². The predicted octanol–water partition coefficient (Wildman–Crippen LogP) is 6.72. The topological polar surface area (TPSA) is 116 Å². The van der Waals surface area contributed by atoms with E-state index in [2.05, 4.69) is 9.98 Å². The molecule has 0 fully saturated rings. The molecule has 7 nitrogen and oxygen atoms in total. The van der Waals surface area contributed by atoms with Gasteiger partial charge in [-0.3, -0.25) is 24.4 Å². The van der Waals surface area contributed by atoms with Crippen molar-refractivity contribution < 1.29 is 24.6 Å². The fourth-order valence-corrected chi connectivity index (χ4v) is 4.80. The van der Waals surface area contributed by atoms with Crippen molar-refractivity contribution in [2.75, 3.05) is 0 Å². The van der Waals surface area contributed by atoms with Crippen molar-refractivity contribution in [2.24, 2.45) is 20.8 Å². The third-order valence-electron chi connectivity index (χ3n) is 6.73. The van der Waals surface area contributed by atoms with Crippen molar-refractivity contribution in [3.63, 3.8) is 0 Å². The zero-order valence-corrected chi connectivity index (χ0v) is 22.1. The van der Waals surface area contributed by atoms with Gasteiger partial charge in [-0.05, 0) is 29.0 Å². The first-order valence-electron chi connectivity index (χ1n) is 12.6. The van der Waals surface area contributed by atoms with Crippen LogP contribution in [0.25, 0.3) is 0 Å². The van der Waals surface area contributed by atoms with Gasteiger partial charge in [-0.1, -0.05) is 58.0 Å². The van der Waals surface area contributed by atoms with E-state index < -0.39 is 0 Å². The summed E-state index contributed by atoms with van der Waals surface area (Å²) in [6.07, 6.45) is 3.92. The number of hydrogen-bond acceptors (Lipinski definition) is 7. The standard InChI is InChI=1S/C31H32N2O5/c1-30(2)13-25(34)21(26(35)14-30)17-32-23-11-10-20(29(38)19-8-6-5-7-9-19)12-24(23)33-18-22-27(36)15-31(3,4)16-28(22)37/h5-12,17-18,34,36H,13-16H2,1-4H3. The summed E-state index contributed by atoms with van der Waals surface area (Å²) in [5, 5.41) is 21.0.